The van der Waals surface area contributed by atoms with Crippen LogP contribution in [0.5, 0.6) is 0 Å². The molecule has 67 heavy (non-hydrogen) atoms. The van der Waals surface area contributed by atoms with Crippen molar-refractivity contribution in [2.75, 3.05) is 40.4 Å². The van der Waals surface area contributed by atoms with Gasteiger partial charge < -0.3 is 29.2 Å². The third-order valence-corrected chi connectivity index (χ3v) is 13.5. The Balaban J connectivity index is 1.33. The summed E-state index contributed by atoms with van der Waals surface area (Å²) in [5.41, 5.74) is 7.58. The summed E-state index contributed by atoms with van der Waals surface area (Å²) in [6.45, 7) is 16.4. The fraction of sp³-hybridized carbons (Fsp3) is 0.490. The van der Waals surface area contributed by atoms with Gasteiger partial charge in [0.15, 0.2) is 11.6 Å². The van der Waals surface area contributed by atoms with Crippen LogP contribution in [0.25, 0.3) is 33.3 Å². The second-order valence-electron chi connectivity index (χ2n) is 19.2. The Bertz CT molecular complexity index is 2580. The fourth-order valence-corrected chi connectivity index (χ4v) is 9.95. The third kappa shape index (κ3) is 10.0. The number of rotatable bonds is 10. The highest BCUT2D eigenvalue weighted by Gasteiger charge is 2.40. The first-order chi connectivity index (χ1) is 31.9. The molecule has 3 aliphatic rings. The minimum atomic E-state index is -1.47. The van der Waals surface area contributed by atoms with Gasteiger partial charge in [0.05, 0.1) is 30.0 Å². The van der Waals surface area contributed by atoms with E-state index >= 15 is 8.78 Å². The Morgan fingerprint density at radius 3 is 2.55 bits per heavy atom. The van der Waals surface area contributed by atoms with E-state index in [1.165, 1.54) is 34.0 Å². The van der Waals surface area contributed by atoms with Gasteiger partial charge in [-0.25, -0.2) is 14.2 Å². The van der Waals surface area contributed by atoms with Crippen molar-refractivity contribution in [3.63, 3.8) is 0 Å². The second kappa shape index (κ2) is 20.1. The molecule has 14 nitrogen and oxygen atoms in total. The molecule has 0 unspecified atom stereocenters. The number of halogens is 2. The Labute approximate surface area is 391 Å². The number of fused-ring (bicyclic) bond motifs is 6. The molecule has 0 spiro atoms. The predicted octanol–water partition coefficient (Wildman–Crippen LogP) is 6.54. The number of nitrogens with one attached hydrogen (secondary N) is 2. The maximum absolute atomic E-state index is 16.2. The van der Waals surface area contributed by atoms with Gasteiger partial charge in [-0.15, -0.1) is 0 Å². The molecule has 6 bridgehead atoms. The molecule has 7 rings (SSSR count). The highest BCUT2D eigenvalue weighted by molar-refractivity contribution is 5.96. The summed E-state index contributed by atoms with van der Waals surface area (Å²) in [6.07, 6.45) is 3.76. The number of aromatic nitrogens is 2. The summed E-state index contributed by atoms with van der Waals surface area (Å²) in [5.74, 6) is -5.87. The van der Waals surface area contributed by atoms with Gasteiger partial charge in [-0.2, -0.15) is 0 Å². The number of methoxy groups -OCH3 is 1. The molecule has 2 aromatic carbocycles. The number of benzene rings is 2. The average Bonchev–Trinajstić information content (AvgIpc) is 3.93. The number of carbonyl (C=O) groups excluding carboxylic acids is 5. The number of likely N-dealkylation sites (N-methyl/N-ethyl adjacent to an activating group) is 1. The van der Waals surface area contributed by atoms with Crippen LogP contribution in [0, 0.1) is 28.9 Å². The molecule has 3 aliphatic heterocycles. The number of amides is 4. The lowest BCUT2D eigenvalue weighted by atomic mass is 9.84. The van der Waals surface area contributed by atoms with E-state index in [4.69, 9.17) is 14.5 Å². The number of nitrogens with zero attached hydrogens (tertiary/aromatic N) is 5. The molecule has 358 valence electrons. The topological polar surface area (TPSA) is 155 Å². The number of esters is 1. The minimum Gasteiger partial charge on any atom is -0.464 e. The highest BCUT2D eigenvalue weighted by atomic mass is 19.2. The molecule has 4 aromatic rings. The Morgan fingerprint density at radius 2 is 1.85 bits per heavy atom. The lowest BCUT2D eigenvalue weighted by molar-refractivity contribution is -0.155. The van der Waals surface area contributed by atoms with Gasteiger partial charge in [0.25, 0.3) is 5.91 Å². The molecule has 2 aromatic heterocycles. The SMILES string of the molecule is C=CC(=O)N1CC[C@H](C(=O)N(C)[C@H](C(=O)N[C@H]2Cc3cc(cc(F)c3F)-c3ccc4c(c3)c(c(-c3cccnc3[C@H](C)OC)n4CC)CC(C)(C)COC(=O)[C@@H]3CCCN(N3)C2=O)C(C)C)C1. The second-order valence-corrected chi connectivity index (χ2v) is 19.2. The van der Waals surface area contributed by atoms with Crippen LogP contribution in [-0.4, -0.2) is 112 Å². The van der Waals surface area contributed by atoms with E-state index in [2.05, 4.69) is 28.8 Å². The lowest BCUT2D eigenvalue weighted by Crippen LogP contribution is -2.62. The van der Waals surface area contributed by atoms with E-state index in [-0.39, 0.29) is 43.2 Å². The quantitative estimate of drug-likeness (QED) is 0.133. The average molecular weight is 924 g/mol. The first-order valence-electron chi connectivity index (χ1n) is 23.2. The Kier molecular flexibility index (Phi) is 14.7. The van der Waals surface area contributed by atoms with Gasteiger partial charge in [-0.1, -0.05) is 40.3 Å². The largest absolute Gasteiger partial charge is 0.464 e. The van der Waals surface area contributed by atoms with E-state index in [1.807, 2.05) is 51.1 Å². The van der Waals surface area contributed by atoms with Crippen LogP contribution in [0.2, 0.25) is 0 Å². The first kappa shape index (κ1) is 48.9. The molecule has 0 aliphatic carbocycles. The van der Waals surface area contributed by atoms with E-state index in [1.54, 1.807) is 27.2 Å². The molecule has 16 heteroatoms. The first-order valence-corrected chi connectivity index (χ1v) is 23.2. The van der Waals surface area contributed by atoms with Crippen LogP contribution >= 0.6 is 0 Å². The molecule has 2 fully saturated rings. The van der Waals surface area contributed by atoms with Gasteiger partial charge in [0.1, 0.15) is 18.1 Å². The van der Waals surface area contributed by atoms with Crippen LogP contribution < -0.4 is 10.7 Å². The highest BCUT2D eigenvalue weighted by Crippen LogP contribution is 2.42. The monoisotopic (exact) mass is 923 g/mol. The molecule has 2 N–H and O–H groups in total. The number of hydrazine groups is 1. The van der Waals surface area contributed by atoms with E-state index in [0.717, 1.165) is 39.5 Å². The minimum absolute atomic E-state index is 0.0434. The zero-order chi connectivity index (χ0) is 48.5. The molecular weight excluding hydrogens is 861 g/mol. The van der Waals surface area contributed by atoms with Crippen molar-refractivity contribution in [2.45, 2.75) is 104 Å². The zero-order valence-electron chi connectivity index (χ0n) is 39.8. The predicted molar refractivity (Wildman–Crippen MR) is 250 cm³/mol. The zero-order valence-corrected chi connectivity index (χ0v) is 39.8. The van der Waals surface area contributed by atoms with Gasteiger partial charge in [0, 0.05) is 74.8 Å². The standard InChI is InChI=1S/C51H63F2N7O7/c1-10-42(61)58-21-18-32(27-58)48(63)57(8)45(29(3)4)47(62)55-40-25-34-22-33(24-38(52)43(34)53)31-16-17-41-36(23-31)37(46(59(41)11-2)35-14-12-19-54-44(35)30(5)66-9)26-51(6,7)28-67-50(65)39-15-13-20-60(56-39)49(40)64/h10,12,14,16-17,19,22-24,29-30,32,39-40,45,56H,1,11,13,15,18,20-21,25-28H2,2-9H3,(H,55,62)/t30-,32-,39-,40-,45-/m0/s1. The molecule has 0 saturated carbocycles. The molecule has 5 atom stereocenters. The van der Waals surface area contributed by atoms with Crippen LogP contribution in [0.15, 0.2) is 61.3 Å². The van der Waals surface area contributed by atoms with Crippen molar-refractivity contribution in [2.24, 2.45) is 17.3 Å². The van der Waals surface area contributed by atoms with Crippen LogP contribution in [-0.2, 0) is 52.8 Å². The number of aryl methyl sites for hydroxylation is 1. The van der Waals surface area contributed by atoms with Crippen molar-refractivity contribution < 1.29 is 42.2 Å². The number of ether oxygens (including phenoxy) is 2. The maximum atomic E-state index is 16.2. The van der Waals surface area contributed by atoms with E-state index in [0.29, 0.717) is 49.9 Å². The molecule has 4 amide bonds. The van der Waals surface area contributed by atoms with Crippen LogP contribution in [0.4, 0.5) is 8.78 Å². The van der Waals surface area contributed by atoms with E-state index < -0.39 is 71.2 Å². The number of hydrogen-bond donors (Lipinski definition) is 2. The van der Waals surface area contributed by atoms with Crippen molar-refractivity contribution in [3.8, 4) is 22.4 Å². The molecule has 5 heterocycles. The summed E-state index contributed by atoms with van der Waals surface area (Å²) in [5, 5.41) is 4.92. The smallest absolute Gasteiger partial charge is 0.324 e. The van der Waals surface area contributed by atoms with Crippen molar-refractivity contribution in [3.05, 3.63) is 89.8 Å². The van der Waals surface area contributed by atoms with Crippen LogP contribution in [0.3, 0.4) is 0 Å². The number of carbonyl (C=O) groups is 5. The summed E-state index contributed by atoms with van der Waals surface area (Å²) >= 11 is 0. The summed E-state index contributed by atoms with van der Waals surface area (Å²) in [4.78, 5) is 76.9. The van der Waals surface area contributed by atoms with E-state index in [9.17, 15) is 24.0 Å². The maximum Gasteiger partial charge on any atom is 0.324 e. The number of hydrogen-bond acceptors (Lipinski definition) is 9. The van der Waals surface area contributed by atoms with Crippen molar-refractivity contribution in [1.29, 1.82) is 0 Å². The van der Waals surface area contributed by atoms with Crippen molar-refractivity contribution in [1.82, 2.24) is 35.1 Å². The molecule has 2 saturated heterocycles. The van der Waals surface area contributed by atoms with Gasteiger partial charge >= 0.3 is 5.97 Å². The fourth-order valence-electron chi connectivity index (χ4n) is 9.95. The Hall–Kier alpha value is -6.00. The summed E-state index contributed by atoms with van der Waals surface area (Å²) < 4.78 is 46.3. The molecular formula is C51H63F2N7O7. The lowest BCUT2D eigenvalue weighted by Gasteiger charge is -2.37. The Morgan fingerprint density at radius 1 is 1.09 bits per heavy atom. The number of likely N-dealkylation sites (tertiary alicyclic amines) is 1. The van der Waals surface area contributed by atoms with Crippen molar-refractivity contribution >= 4 is 40.5 Å². The number of pyridine rings is 1. The molecule has 0 radical (unpaired) electrons. The summed E-state index contributed by atoms with van der Waals surface area (Å²) in [7, 11) is 3.14. The summed E-state index contributed by atoms with van der Waals surface area (Å²) in [6, 6.07) is 8.85. The van der Waals surface area contributed by atoms with Crippen LogP contribution in [0.1, 0.15) is 83.7 Å². The van der Waals surface area contributed by atoms with Gasteiger partial charge in [-0.3, -0.25) is 34.0 Å². The third-order valence-electron chi connectivity index (χ3n) is 13.5. The number of cyclic esters (lactones) is 1. The van der Waals surface area contributed by atoms with Gasteiger partial charge in [0.2, 0.25) is 17.7 Å². The normalized spacial score (nSPS) is 20.9. The van der Waals surface area contributed by atoms with Gasteiger partial charge in [-0.05, 0) is 110 Å².